The summed E-state index contributed by atoms with van der Waals surface area (Å²) in [5.74, 6) is -11.3. The fraction of sp³-hybridized carbons (Fsp3) is 0.314. The molecule has 2 heterocycles. The Morgan fingerprint density at radius 2 is 1.42 bits per heavy atom. The van der Waals surface area contributed by atoms with Gasteiger partial charge in [0.1, 0.15) is 5.82 Å². The molecule has 3 fully saturated rings. The van der Waals surface area contributed by atoms with Gasteiger partial charge >= 0.3 is 12.4 Å². The Morgan fingerprint density at radius 1 is 0.811 bits per heavy atom. The first kappa shape index (κ1) is 37.0. The maximum absolute atomic E-state index is 14.5. The molecule has 7 rings (SSSR count). The van der Waals surface area contributed by atoms with Crippen molar-refractivity contribution in [2.75, 3.05) is 16.9 Å². The number of carbonyl (C=O) groups is 4. The third kappa shape index (κ3) is 5.32. The van der Waals surface area contributed by atoms with Gasteiger partial charge in [-0.1, -0.05) is 23.3 Å². The molecule has 53 heavy (non-hydrogen) atoms. The van der Waals surface area contributed by atoms with Crippen molar-refractivity contribution in [3.63, 3.8) is 0 Å². The Morgan fingerprint density at radius 3 is 1.98 bits per heavy atom. The molecular weight excluding hydrogens is 784 g/mol. The van der Waals surface area contributed by atoms with Gasteiger partial charge in [0.25, 0.3) is 11.8 Å². The fourth-order valence-electron chi connectivity index (χ4n) is 8.01. The minimum absolute atomic E-state index is 0.0579. The zero-order valence-corrected chi connectivity index (χ0v) is 28.9. The normalized spacial score (nSPS) is 28.5. The third-order valence-corrected chi connectivity index (χ3v) is 12.0. The molecular formula is C35H22Cl3F7N2O6. The Kier molecular flexibility index (Phi) is 8.44. The van der Waals surface area contributed by atoms with E-state index >= 15 is 0 Å². The second-order valence-corrected chi connectivity index (χ2v) is 14.7. The molecule has 6 atom stereocenters. The van der Waals surface area contributed by atoms with Crippen LogP contribution in [-0.4, -0.2) is 45.6 Å². The summed E-state index contributed by atoms with van der Waals surface area (Å²) in [6.45, 7) is 0. The van der Waals surface area contributed by atoms with E-state index in [1.807, 2.05) is 0 Å². The average Bonchev–Trinajstić information content (AvgIpc) is 3.43. The van der Waals surface area contributed by atoms with E-state index in [9.17, 15) is 55.0 Å². The minimum Gasteiger partial charge on any atom is -0.503 e. The summed E-state index contributed by atoms with van der Waals surface area (Å²) in [6.07, 6.45) is -9.99. The molecule has 3 aromatic carbocycles. The SMILES string of the molecule is COc1cc(C2C3=CCC4C(=O)N(c5cc(C(F)(F)F)cc(C(F)(F)F)c5)C(=O)C4C3CC3(Cl)C(=O)N(c4ccc(F)cc4)C(=O)C23Cl)cc(Cl)c1O. The Hall–Kier alpha value is -4.34. The van der Waals surface area contributed by atoms with E-state index in [1.54, 1.807) is 0 Å². The van der Waals surface area contributed by atoms with Gasteiger partial charge in [0.05, 0.1) is 46.5 Å². The number of hydrogen-bond acceptors (Lipinski definition) is 6. The first-order valence-electron chi connectivity index (χ1n) is 15.6. The Bertz CT molecular complexity index is 2130. The topological polar surface area (TPSA) is 104 Å². The van der Waals surface area contributed by atoms with Crippen molar-refractivity contribution in [3.05, 3.63) is 93.8 Å². The van der Waals surface area contributed by atoms with E-state index in [0.717, 1.165) is 24.3 Å². The summed E-state index contributed by atoms with van der Waals surface area (Å²) < 4.78 is 102. The first-order chi connectivity index (χ1) is 24.6. The van der Waals surface area contributed by atoms with Crippen molar-refractivity contribution < 1.29 is 59.8 Å². The lowest BCUT2D eigenvalue weighted by molar-refractivity contribution is -0.143. The highest BCUT2D eigenvalue weighted by Gasteiger charge is 2.76. The number of ether oxygens (including phenoxy) is 1. The average molecular weight is 806 g/mol. The van der Waals surface area contributed by atoms with E-state index in [2.05, 4.69) is 0 Å². The fourth-order valence-corrected chi connectivity index (χ4v) is 9.16. The molecule has 8 nitrogen and oxygen atoms in total. The third-order valence-electron chi connectivity index (χ3n) is 10.3. The van der Waals surface area contributed by atoms with Gasteiger partial charge in [0.2, 0.25) is 11.8 Å². The molecule has 18 heteroatoms. The van der Waals surface area contributed by atoms with Crippen molar-refractivity contribution in [1.82, 2.24) is 0 Å². The smallest absolute Gasteiger partial charge is 0.416 e. The zero-order valence-electron chi connectivity index (χ0n) is 26.7. The lowest BCUT2D eigenvalue weighted by Crippen LogP contribution is -2.60. The predicted molar refractivity (Wildman–Crippen MR) is 175 cm³/mol. The number of hydrogen-bond donors (Lipinski definition) is 1. The maximum atomic E-state index is 14.5. The number of halogens is 10. The quantitative estimate of drug-likeness (QED) is 0.124. The number of nitrogens with zero attached hydrogens (tertiary/aromatic N) is 2. The number of rotatable bonds is 4. The van der Waals surface area contributed by atoms with E-state index in [-0.39, 0.29) is 57.1 Å². The highest BCUT2D eigenvalue weighted by atomic mass is 35.5. The second-order valence-electron chi connectivity index (χ2n) is 13.1. The predicted octanol–water partition coefficient (Wildman–Crippen LogP) is 8.00. The molecule has 0 radical (unpaired) electrons. The number of aromatic hydroxyl groups is 1. The molecule has 1 N–H and O–H groups in total. The largest absolute Gasteiger partial charge is 0.503 e. The number of anilines is 2. The lowest BCUT2D eigenvalue weighted by Gasteiger charge is -2.50. The van der Waals surface area contributed by atoms with Gasteiger partial charge in [-0.05, 0) is 78.9 Å². The molecule has 3 aromatic rings. The van der Waals surface area contributed by atoms with Gasteiger partial charge in [-0.25, -0.2) is 14.2 Å². The van der Waals surface area contributed by atoms with Crippen LogP contribution in [0.1, 0.15) is 35.4 Å². The Balaban J connectivity index is 1.40. The lowest BCUT2D eigenvalue weighted by atomic mass is 9.56. The number of alkyl halides is 8. The van der Waals surface area contributed by atoms with Gasteiger partial charge in [0.15, 0.2) is 21.2 Å². The number of allylic oxidation sites excluding steroid dienone is 2. The molecule has 0 aromatic heterocycles. The van der Waals surface area contributed by atoms with Gasteiger partial charge in [0, 0.05) is 5.92 Å². The van der Waals surface area contributed by atoms with Crippen molar-refractivity contribution >= 4 is 69.8 Å². The van der Waals surface area contributed by atoms with Gasteiger partial charge in [-0.15, -0.1) is 23.2 Å². The summed E-state index contributed by atoms with van der Waals surface area (Å²) in [4.78, 5) is 53.0. The van der Waals surface area contributed by atoms with Crippen molar-refractivity contribution in [1.29, 1.82) is 0 Å². The van der Waals surface area contributed by atoms with Crippen molar-refractivity contribution in [2.24, 2.45) is 17.8 Å². The second kappa shape index (κ2) is 12.1. The van der Waals surface area contributed by atoms with Gasteiger partial charge in [-0.3, -0.25) is 19.2 Å². The summed E-state index contributed by atoms with van der Waals surface area (Å²) >= 11 is 20.8. The molecule has 4 aliphatic rings. The molecule has 2 aliphatic heterocycles. The summed E-state index contributed by atoms with van der Waals surface area (Å²) in [7, 11) is 1.20. The molecule has 2 saturated heterocycles. The van der Waals surface area contributed by atoms with E-state index < -0.39 is 104 Å². The summed E-state index contributed by atoms with van der Waals surface area (Å²) in [5, 5.41) is 10.2. The van der Waals surface area contributed by atoms with Crippen LogP contribution in [0.5, 0.6) is 11.5 Å². The number of fused-ring (bicyclic) bond motifs is 4. The summed E-state index contributed by atoms with van der Waals surface area (Å²) in [5.41, 5.74) is -4.35. The molecule has 0 bridgehead atoms. The van der Waals surface area contributed by atoms with Crippen LogP contribution in [0.25, 0.3) is 0 Å². The van der Waals surface area contributed by atoms with Gasteiger partial charge in [-0.2, -0.15) is 26.3 Å². The highest BCUT2D eigenvalue weighted by Crippen LogP contribution is 2.66. The molecule has 1 saturated carbocycles. The van der Waals surface area contributed by atoms with Gasteiger partial charge < -0.3 is 9.84 Å². The summed E-state index contributed by atoms with van der Waals surface area (Å²) in [6, 6.07) is 7.06. The number of benzene rings is 3. The number of amides is 4. The first-order valence-corrected chi connectivity index (χ1v) is 16.7. The van der Waals surface area contributed by atoms with Crippen LogP contribution in [0.4, 0.5) is 42.1 Å². The van der Waals surface area contributed by atoms with E-state index in [4.69, 9.17) is 39.5 Å². The van der Waals surface area contributed by atoms with E-state index in [1.165, 1.54) is 25.3 Å². The monoisotopic (exact) mass is 804 g/mol. The molecule has 2 aliphatic carbocycles. The Labute approximate surface area is 309 Å². The number of imide groups is 2. The van der Waals surface area contributed by atoms with Crippen LogP contribution >= 0.6 is 34.8 Å². The van der Waals surface area contributed by atoms with E-state index in [0.29, 0.717) is 4.90 Å². The van der Waals surface area contributed by atoms with Crippen LogP contribution in [-0.2, 0) is 31.5 Å². The zero-order chi connectivity index (χ0) is 38.7. The van der Waals surface area contributed by atoms with Crippen LogP contribution < -0.4 is 14.5 Å². The minimum atomic E-state index is -5.28. The van der Waals surface area contributed by atoms with Crippen molar-refractivity contribution in [2.45, 2.75) is 40.9 Å². The number of phenolic OH excluding ortho intramolecular Hbond substituents is 1. The molecule has 4 amide bonds. The van der Waals surface area contributed by atoms with Crippen LogP contribution in [0.2, 0.25) is 5.02 Å². The highest BCUT2D eigenvalue weighted by molar-refractivity contribution is 6.58. The number of phenols is 1. The van der Waals surface area contributed by atoms with Crippen LogP contribution in [0.3, 0.4) is 0 Å². The van der Waals surface area contributed by atoms with Crippen LogP contribution in [0.15, 0.2) is 66.2 Å². The maximum Gasteiger partial charge on any atom is 0.416 e. The molecule has 6 unspecified atom stereocenters. The standard InChI is InChI=1S/C35H22Cl3F7N2O6/c1-53-24-9-14(8-23(36)27(24)48)26-20-6-7-21-25(29(50)46(28(21)49)19-11-15(34(40,41)42)10-16(12-19)35(43,44)45)22(20)13-32(37)30(51)47(31(52)33(26,32)38)18-4-2-17(39)3-5-18/h2-6,8-12,21-22,25-26,48H,7,13H2,1H3. The molecule has 0 spiro atoms. The number of carbonyl (C=O) groups excluding carboxylic acids is 4. The number of methoxy groups -OCH3 is 1. The van der Waals surface area contributed by atoms with Crippen LogP contribution in [0, 0.1) is 23.6 Å². The molecule has 278 valence electrons. The van der Waals surface area contributed by atoms with Crippen molar-refractivity contribution in [3.8, 4) is 11.5 Å².